The van der Waals surface area contributed by atoms with Crippen molar-refractivity contribution < 1.29 is 13.9 Å². The Morgan fingerprint density at radius 2 is 2.20 bits per heavy atom. The fourth-order valence-electron chi connectivity index (χ4n) is 3.26. The van der Waals surface area contributed by atoms with E-state index < -0.39 is 12.1 Å². The highest BCUT2D eigenvalue weighted by Crippen LogP contribution is 2.29. The van der Waals surface area contributed by atoms with Gasteiger partial charge in [-0.05, 0) is 18.9 Å². The minimum absolute atomic E-state index is 0.0146. The molecule has 0 unspecified atom stereocenters. The summed E-state index contributed by atoms with van der Waals surface area (Å²) in [4.78, 5) is 16.7. The van der Waals surface area contributed by atoms with Crippen LogP contribution in [-0.2, 0) is 19.4 Å². The maximum absolute atomic E-state index is 13.3. The number of hydrogen-bond acceptors (Lipinski definition) is 7. The molecule has 0 atom stereocenters. The van der Waals surface area contributed by atoms with E-state index in [1.54, 1.807) is 25.3 Å². The number of alkyl halides is 2. The van der Waals surface area contributed by atoms with Crippen LogP contribution in [0.25, 0.3) is 5.65 Å². The van der Waals surface area contributed by atoms with Gasteiger partial charge in [0.1, 0.15) is 29.0 Å². The molecule has 0 bridgehead atoms. The number of pyridine rings is 1. The number of nitrogens with zero attached hydrogens (tertiary/aromatic N) is 5. The molecule has 9 nitrogen and oxygen atoms in total. The van der Waals surface area contributed by atoms with Crippen molar-refractivity contribution in [3.63, 3.8) is 0 Å². The van der Waals surface area contributed by atoms with E-state index in [0.29, 0.717) is 12.0 Å². The van der Waals surface area contributed by atoms with Gasteiger partial charge in [-0.2, -0.15) is 14.9 Å². The van der Waals surface area contributed by atoms with E-state index in [-0.39, 0.29) is 60.1 Å². The Balaban J connectivity index is 1.92. The van der Waals surface area contributed by atoms with Gasteiger partial charge in [0.15, 0.2) is 5.65 Å². The van der Waals surface area contributed by atoms with Crippen molar-refractivity contribution in [1.82, 2.24) is 19.2 Å². The Kier molecular flexibility index (Phi) is 6.27. The number of nitriles is 1. The van der Waals surface area contributed by atoms with E-state index in [0.717, 1.165) is 4.52 Å². The molecule has 158 valence electrons. The second kappa shape index (κ2) is 8.87. The van der Waals surface area contributed by atoms with Crippen molar-refractivity contribution in [2.45, 2.75) is 32.7 Å². The standard InChI is InChI=1S/C19H21F2N7O2/c1-2-12-14(15(20)21)26-28-16(23)13(10-22)17(25-18(12)28)24-6-5-11-4-3-7-27(8-9-29)19(11)30/h3-4,7,15,29H,2,5-6,8-9,23H2,1H3,(H,24,25). The number of nitrogens with one attached hydrogen (secondary N) is 1. The van der Waals surface area contributed by atoms with Gasteiger partial charge in [-0.15, -0.1) is 0 Å². The van der Waals surface area contributed by atoms with Crippen LogP contribution >= 0.6 is 0 Å². The SMILES string of the molecule is CCc1c(C(F)F)nn2c(N)c(C#N)c(NCCc3cccn(CCO)c3=O)nc12. The van der Waals surface area contributed by atoms with Gasteiger partial charge in [0.25, 0.3) is 12.0 Å². The van der Waals surface area contributed by atoms with Gasteiger partial charge < -0.3 is 20.7 Å². The fourth-order valence-corrected chi connectivity index (χ4v) is 3.26. The predicted molar refractivity (Wildman–Crippen MR) is 106 cm³/mol. The predicted octanol–water partition coefficient (Wildman–Crippen LogP) is 1.49. The van der Waals surface area contributed by atoms with Crippen LogP contribution < -0.4 is 16.6 Å². The first-order valence-electron chi connectivity index (χ1n) is 9.35. The number of aryl methyl sites for hydroxylation is 1. The molecule has 4 N–H and O–H groups in total. The summed E-state index contributed by atoms with van der Waals surface area (Å²) in [6.07, 6.45) is -0.603. The number of nitrogens with two attached hydrogens (primary N) is 1. The molecule has 0 saturated carbocycles. The van der Waals surface area contributed by atoms with Gasteiger partial charge in [-0.3, -0.25) is 4.79 Å². The summed E-state index contributed by atoms with van der Waals surface area (Å²) in [5, 5.41) is 25.3. The molecule has 0 saturated heterocycles. The first-order chi connectivity index (χ1) is 14.4. The Morgan fingerprint density at radius 3 is 2.83 bits per heavy atom. The quantitative estimate of drug-likeness (QED) is 0.505. The van der Waals surface area contributed by atoms with Crippen LogP contribution in [0.2, 0.25) is 0 Å². The Hall–Kier alpha value is -3.52. The third kappa shape index (κ3) is 3.81. The van der Waals surface area contributed by atoms with Crippen LogP contribution in [0.15, 0.2) is 23.1 Å². The molecular formula is C19H21F2N7O2. The molecule has 0 radical (unpaired) electrons. The number of aliphatic hydroxyl groups excluding tert-OH is 1. The van der Waals surface area contributed by atoms with Crippen molar-refractivity contribution in [3.8, 4) is 6.07 Å². The zero-order valence-corrected chi connectivity index (χ0v) is 16.3. The van der Waals surface area contributed by atoms with Crippen molar-refractivity contribution in [2.75, 3.05) is 24.2 Å². The number of aliphatic hydroxyl groups is 1. The number of aromatic nitrogens is 4. The highest BCUT2D eigenvalue weighted by Gasteiger charge is 2.24. The molecule has 0 aliphatic rings. The zero-order chi connectivity index (χ0) is 21.8. The maximum atomic E-state index is 13.3. The molecule has 30 heavy (non-hydrogen) atoms. The summed E-state index contributed by atoms with van der Waals surface area (Å²) in [6.45, 7) is 2.01. The molecule has 3 rings (SSSR count). The van der Waals surface area contributed by atoms with Gasteiger partial charge >= 0.3 is 0 Å². The molecule has 0 aliphatic heterocycles. The molecule has 3 aromatic heterocycles. The molecule has 0 spiro atoms. The number of halogens is 2. The molecule has 0 amide bonds. The second-order valence-corrected chi connectivity index (χ2v) is 6.52. The third-order valence-corrected chi connectivity index (χ3v) is 4.73. The number of hydrogen-bond donors (Lipinski definition) is 3. The summed E-state index contributed by atoms with van der Waals surface area (Å²) in [6, 6.07) is 5.31. The summed E-state index contributed by atoms with van der Waals surface area (Å²) < 4.78 is 29.1. The van der Waals surface area contributed by atoms with Crippen LogP contribution in [0.5, 0.6) is 0 Å². The van der Waals surface area contributed by atoms with Crippen LogP contribution in [0, 0.1) is 11.3 Å². The molecule has 0 fully saturated rings. The minimum Gasteiger partial charge on any atom is -0.395 e. The van der Waals surface area contributed by atoms with Gasteiger partial charge in [0.2, 0.25) is 0 Å². The van der Waals surface area contributed by atoms with Gasteiger partial charge in [0, 0.05) is 30.4 Å². The van der Waals surface area contributed by atoms with Crippen LogP contribution in [0.1, 0.15) is 35.7 Å². The third-order valence-electron chi connectivity index (χ3n) is 4.73. The summed E-state index contributed by atoms with van der Waals surface area (Å²) in [5.74, 6) is 0.0566. The van der Waals surface area contributed by atoms with Crippen molar-refractivity contribution in [1.29, 1.82) is 5.26 Å². The zero-order valence-electron chi connectivity index (χ0n) is 16.3. The van der Waals surface area contributed by atoms with E-state index >= 15 is 0 Å². The minimum atomic E-state index is -2.79. The fraction of sp³-hybridized carbons (Fsp3) is 0.368. The number of fused-ring (bicyclic) bond motifs is 1. The number of nitrogen functional groups attached to an aromatic ring is 1. The molecule has 0 aromatic carbocycles. The van der Waals surface area contributed by atoms with Crippen LogP contribution in [-0.4, -0.2) is 37.4 Å². The van der Waals surface area contributed by atoms with Gasteiger partial charge in [-0.1, -0.05) is 13.0 Å². The Morgan fingerprint density at radius 1 is 1.43 bits per heavy atom. The first kappa shape index (κ1) is 21.2. The summed E-state index contributed by atoms with van der Waals surface area (Å²) in [5.41, 5.74) is 6.30. The monoisotopic (exact) mass is 417 g/mol. The average Bonchev–Trinajstić information content (AvgIpc) is 3.10. The maximum Gasteiger partial charge on any atom is 0.282 e. The lowest BCUT2D eigenvalue weighted by Crippen LogP contribution is -2.25. The van der Waals surface area contributed by atoms with E-state index in [2.05, 4.69) is 15.4 Å². The molecule has 11 heteroatoms. The molecular weight excluding hydrogens is 396 g/mol. The van der Waals surface area contributed by atoms with E-state index in [4.69, 9.17) is 10.8 Å². The number of rotatable bonds is 8. The molecule has 3 aromatic rings. The topological polar surface area (TPSA) is 134 Å². The smallest absolute Gasteiger partial charge is 0.282 e. The highest BCUT2D eigenvalue weighted by atomic mass is 19.3. The van der Waals surface area contributed by atoms with E-state index in [9.17, 15) is 18.8 Å². The van der Waals surface area contributed by atoms with E-state index in [1.807, 2.05) is 6.07 Å². The molecule has 3 heterocycles. The number of anilines is 2. The van der Waals surface area contributed by atoms with Crippen molar-refractivity contribution >= 4 is 17.3 Å². The largest absolute Gasteiger partial charge is 0.395 e. The highest BCUT2D eigenvalue weighted by molar-refractivity contribution is 5.69. The van der Waals surface area contributed by atoms with Crippen molar-refractivity contribution in [3.05, 3.63) is 51.1 Å². The van der Waals surface area contributed by atoms with Gasteiger partial charge in [0.05, 0.1) is 6.61 Å². The molecule has 0 aliphatic carbocycles. The Labute approximate surface area is 170 Å². The van der Waals surface area contributed by atoms with E-state index in [1.165, 1.54) is 4.57 Å². The summed E-state index contributed by atoms with van der Waals surface area (Å²) in [7, 11) is 0. The van der Waals surface area contributed by atoms with Gasteiger partial charge in [-0.25, -0.2) is 13.8 Å². The second-order valence-electron chi connectivity index (χ2n) is 6.52. The lowest BCUT2D eigenvalue weighted by Gasteiger charge is -2.11. The average molecular weight is 417 g/mol. The van der Waals surface area contributed by atoms with Crippen LogP contribution in [0.3, 0.4) is 0 Å². The van der Waals surface area contributed by atoms with Crippen LogP contribution in [0.4, 0.5) is 20.4 Å². The first-order valence-corrected chi connectivity index (χ1v) is 9.35. The summed E-state index contributed by atoms with van der Waals surface area (Å²) >= 11 is 0. The lowest BCUT2D eigenvalue weighted by atomic mass is 10.2. The lowest BCUT2D eigenvalue weighted by molar-refractivity contribution is 0.144. The van der Waals surface area contributed by atoms with Crippen molar-refractivity contribution in [2.24, 2.45) is 0 Å². The normalized spacial score (nSPS) is 11.2. The Bertz CT molecular complexity index is 1160.